The number of aromatic nitrogens is 3. The largest absolute Gasteiger partial charge is 0.497 e. The number of hydrogen-bond donors (Lipinski definition) is 0. The standard InChI is InChI=1S/C26H22Cl2N4O4/c1-15(33)11-17-13-29-32-23-14-30(25(34)16-3-8-21(27)22(28)12-16)10-9-20(23)26(35)31(24(17)32)18-4-6-19(36-2)7-5-18/h3-8,12-13H,9-11,14H2,1-2H3. The van der Waals surface area contributed by atoms with Gasteiger partial charge in [0.1, 0.15) is 17.2 Å². The van der Waals surface area contributed by atoms with Gasteiger partial charge in [0, 0.05) is 29.7 Å². The molecule has 0 saturated carbocycles. The van der Waals surface area contributed by atoms with Crippen molar-refractivity contribution in [1.29, 1.82) is 0 Å². The summed E-state index contributed by atoms with van der Waals surface area (Å²) in [6, 6.07) is 11.9. The lowest BCUT2D eigenvalue weighted by molar-refractivity contribution is -0.116. The highest BCUT2D eigenvalue weighted by Crippen LogP contribution is 2.27. The lowest BCUT2D eigenvalue weighted by Gasteiger charge is -2.29. The molecule has 10 heteroatoms. The van der Waals surface area contributed by atoms with E-state index in [-0.39, 0.29) is 30.2 Å². The third-order valence-corrected chi connectivity index (χ3v) is 7.03. The van der Waals surface area contributed by atoms with Crippen LogP contribution in [-0.2, 0) is 24.2 Å². The number of Topliss-reactive ketones (excluding diaryl/α,β-unsaturated/α-hetero) is 1. The molecular weight excluding hydrogens is 503 g/mol. The monoisotopic (exact) mass is 524 g/mol. The van der Waals surface area contributed by atoms with Crippen LogP contribution in [0.15, 0.2) is 53.5 Å². The summed E-state index contributed by atoms with van der Waals surface area (Å²) in [5.41, 5.74) is 3.17. The average molecular weight is 525 g/mol. The van der Waals surface area contributed by atoms with E-state index in [1.807, 2.05) is 0 Å². The Kier molecular flexibility index (Phi) is 6.32. The van der Waals surface area contributed by atoms with Gasteiger partial charge in [-0.15, -0.1) is 0 Å². The first-order chi connectivity index (χ1) is 17.3. The van der Waals surface area contributed by atoms with Crippen LogP contribution in [0.25, 0.3) is 11.3 Å². The molecule has 184 valence electrons. The van der Waals surface area contributed by atoms with Crippen molar-refractivity contribution in [2.75, 3.05) is 13.7 Å². The first kappa shape index (κ1) is 24.1. The molecule has 2 aromatic heterocycles. The van der Waals surface area contributed by atoms with Gasteiger partial charge in [0.05, 0.1) is 41.3 Å². The van der Waals surface area contributed by atoms with Crippen LogP contribution < -0.4 is 10.3 Å². The van der Waals surface area contributed by atoms with Crippen LogP contribution in [0, 0.1) is 0 Å². The molecule has 0 bridgehead atoms. The molecule has 0 fully saturated rings. The minimum Gasteiger partial charge on any atom is -0.497 e. The van der Waals surface area contributed by atoms with Crippen LogP contribution in [0.5, 0.6) is 5.75 Å². The summed E-state index contributed by atoms with van der Waals surface area (Å²) in [6.07, 6.45) is 2.09. The van der Waals surface area contributed by atoms with E-state index in [0.717, 1.165) is 0 Å². The highest BCUT2D eigenvalue weighted by Gasteiger charge is 2.29. The van der Waals surface area contributed by atoms with Crippen molar-refractivity contribution >= 4 is 40.5 Å². The molecule has 0 saturated heterocycles. The molecule has 0 spiro atoms. The summed E-state index contributed by atoms with van der Waals surface area (Å²) < 4.78 is 8.51. The summed E-state index contributed by atoms with van der Waals surface area (Å²) in [7, 11) is 1.57. The van der Waals surface area contributed by atoms with E-state index >= 15 is 0 Å². The molecule has 0 atom stereocenters. The van der Waals surface area contributed by atoms with Crippen molar-refractivity contribution in [2.24, 2.45) is 0 Å². The third-order valence-electron chi connectivity index (χ3n) is 6.29. The number of rotatable bonds is 5. The van der Waals surface area contributed by atoms with Gasteiger partial charge in [-0.2, -0.15) is 5.10 Å². The quantitative estimate of drug-likeness (QED) is 0.391. The van der Waals surface area contributed by atoms with Crippen molar-refractivity contribution in [3.63, 3.8) is 0 Å². The summed E-state index contributed by atoms with van der Waals surface area (Å²) in [5, 5.41) is 5.21. The Labute approximate surface area is 216 Å². The first-order valence-corrected chi connectivity index (χ1v) is 12.1. The number of carbonyl (C=O) groups excluding carboxylic acids is 2. The Bertz CT molecular complexity index is 1570. The van der Waals surface area contributed by atoms with Gasteiger partial charge in [0.25, 0.3) is 11.5 Å². The molecule has 1 aliphatic rings. The molecule has 0 N–H and O–H groups in total. The maximum atomic E-state index is 13.8. The molecule has 3 heterocycles. The molecule has 36 heavy (non-hydrogen) atoms. The van der Waals surface area contributed by atoms with Crippen molar-refractivity contribution in [3.8, 4) is 11.4 Å². The van der Waals surface area contributed by atoms with Crippen LogP contribution in [-0.4, -0.2) is 44.4 Å². The molecule has 1 amide bonds. The van der Waals surface area contributed by atoms with E-state index in [0.29, 0.717) is 62.5 Å². The van der Waals surface area contributed by atoms with Crippen LogP contribution in [0.3, 0.4) is 0 Å². The number of ether oxygens (including phenoxy) is 1. The number of nitrogens with zero attached hydrogens (tertiary/aromatic N) is 4. The van der Waals surface area contributed by atoms with Gasteiger partial charge < -0.3 is 9.64 Å². The van der Waals surface area contributed by atoms with E-state index in [4.69, 9.17) is 27.9 Å². The van der Waals surface area contributed by atoms with Gasteiger partial charge in [-0.25, -0.2) is 4.52 Å². The molecule has 4 aromatic rings. The Morgan fingerprint density at radius 3 is 2.50 bits per heavy atom. The summed E-state index contributed by atoms with van der Waals surface area (Å²) >= 11 is 12.1. The fourth-order valence-corrected chi connectivity index (χ4v) is 4.86. The number of halogens is 2. The van der Waals surface area contributed by atoms with Crippen LogP contribution in [0.4, 0.5) is 0 Å². The molecule has 2 aromatic carbocycles. The fourth-order valence-electron chi connectivity index (χ4n) is 4.56. The number of methoxy groups -OCH3 is 1. The maximum absolute atomic E-state index is 13.8. The lowest BCUT2D eigenvalue weighted by atomic mass is 10.0. The zero-order valence-electron chi connectivity index (χ0n) is 19.6. The predicted molar refractivity (Wildman–Crippen MR) is 137 cm³/mol. The van der Waals surface area contributed by atoms with E-state index in [2.05, 4.69) is 5.10 Å². The second-order valence-electron chi connectivity index (χ2n) is 8.65. The fraction of sp³-hybridized carbons (Fsp3) is 0.231. The van der Waals surface area contributed by atoms with Gasteiger partial charge in [-0.05, 0) is 55.8 Å². The maximum Gasteiger partial charge on any atom is 0.261 e. The van der Waals surface area contributed by atoms with Gasteiger partial charge in [-0.1, -0.05) is 23.2 Å². The van der Waals surface area contributed by atoms with E-state index in [1.54, 1.807) is 63.7 Å². The second kappa shape index (κ2) is 9.44. The number of benzene rings is 2. The van der Waals surface area contributed by atoms with Gasteiger partial charge >= 0.3 is 0 Å². The van der Waals surface area contributed by atoms with Gasteiger partial charge in [-0.3, -0.25) is 19.0 Å². The Balaban J connectivity index is 1.65. The smallest absolute Gasteiger partial charge is 0.261 e. The van der Waals surface area contributed by atoms with Crippen LogP contribution in [0.1, 0.15) is 34.1 Å². The predicted octanol–water partition coefficient (Wildman–Crippen LogP) is 4.13. The highest BCUT2D eigenvalue weighted by molar-refractivity contribution is 6.42. The minimum atomic E-state index is -0.220. The number of fused-ring (bicyclic) bond motifs is 3. The summed E-state index contributed by atoms with van der Waals surface area (Å²) in [4.78, 5) is 40.7. The zero-order chi connectivity index (χ0) is 25.6. The van der Waals surface area contributed by atoms with Crippen molar-refractivity contribution in [2.45, 2.75) is 26.3 Å². The number of amides is 1. The minimum absolute atomic E-state index is 0.0484. The van der Waals surface area contributed by atoms with E-state index in [9.17, 15) is 14.4 Å². The molecule has 1 aliphatic heterocycles. The zero-order valence-corrected chi connectivity index (χ0v) is 21.1. The topological polar surface area (TPSA) is 85.9 Å². The van der Waals surface area contributed by atoms with Gasteiger partial charge in [0.15, 0.2) is 0 Å². The number of ketones is 1. The summed E-state index contributed by atoms with van der Waals surface area (Å²) in [5.74, 6) is 0.394. The molecule has 0 unspecified atom stereocenters. The Hall–Kier alpha value is -3.62. The molecule has 5 rings (SSSR count). The first-order valence-electron chi connectivity index (χ1n) is 11.3. The van der Waals surface area contributed by atoms with Crippen LogP contribution >= 0.6 is 23.2 Å². The third kappa shape index (κ3) is 4.16. The molecule has 0 aliphatic carbocycles. The summed E-state index contributed by atoms with van der Waals surface area (Å²) in [6.45, 7) is 2.04. The number of carbonyl (C=O) groups is 2. The molecule has 0 radical (unpaired) electrons. The van der Waals surface area contributed by atoms with Crippen molar-refractivity contribution in [1.82, 2.24) is 19.1 Å². The molecular formula is C26H22Cl2N4O4. The SMILES string of the molecule is COc1ccc(-n2c(=O)c3c(n4ncc(CC(C)=O)c24)CN(C(=O)c2ccc(Cl)c(Cl)c2)CC3)cc1. The molecule has 8 nitrogen and oxygen atoms in total. The van der Waals surface area contributed by atoms with E-state index in [1.165, 1.54) is 13.0 Å². The number of hydrogen-bond acceptors (Lipinski definition) is 5. The van der Waals surface area contributed by atoms with Crippen molar-refractivity contribution < 1.29 is 14.3 Å². The Morgan fingerprint density at radius 1 is 1.08 bits per heavy atom. The van der Waals surface area contributed by atoms with Crippen molar-refractivity contribution in [3.05, 3.63) is 91.4 Å². The van der Waals surface area contributed by atoms with E-state index < -0.39 is 0 Å². The van der Waals surface area contributed by atoms with Crippen LogP contribution in [0.2, 0.25) is 10.0 Å². The highest BCUT2D eigenvalue weighted by atomic mass is 35.5. The normalized spacial score (nSPS) is 13.1. The Morgan fingerprint density at radius 2 is 1.83 bits per heavy atom. The van der Waals surface area contributed by atoms with Gasteiger partial charge in [0.2, 0.25) is 0 Å². The average Bonchev–Trinajstić information content (AvgIpc) is 3.28. The lowest BCUT2D eigenvalue weighted by Crippen LogP contribution is -2.41. The second-order valence-corrected chi connectivity index (χ2v) is 9.47.